The van der Waals surface area contributed by atoms with Crippen molar-refractivity contribution in [2.24, 2.45) is 0 Å². The summed E-state index contributed by atoms with van der Waals surface area (Å²) in [6.07, 6.45) is 1.61. The van der Waals surface area contributed by atoms with Crippen LogP contribution >= 0.6 is 0 Å². The molecule has 0 spiro atoms. The summed E-state index contributed by atoms with van der Waals surface area (Å²) in [5, 5.41) is 2.84. The summed E-state index contributed by atoms with van der Waals surface area (Å²) >= 11 is 0. The molecular weight excluding hydrogens is 316 g/mol. The van der Waals surface area contributed by atoms with Gasteiger partial charge in [0.05, 0.1) is 7.11 Å². The Morgan fingerprint density at radius 1 is 0.960 bits per heavy atom. The highest BCUT2D eigenvalue weighted by Gasteiger charge is 2.11. The normalized spacial score (nSPS) is 10.2. The van der Waals surface area contributed by atoms with Crippen molar-refractivity contribution >= 4 is 11.6 Å². The van der Waals surface area contributed by atoms with Gasteiger partial charge in [-0.2, -0.15) is 0 Å². The molecule has 1 amide bonds. The maximum Gasteiger partial charge on any atom is 0.255 e. The fourth-order valence-corrected chi connectivity index (χ4v) is 2.22. The Kier molecular flexibility index (Phi) is 4.95. The molecule has 1 heterocycles. The van der Waals surface area contributed by atoms with Crippen LogP contribution < -0.4 is 14.8 Å². The van der Waals surface area contributed by atoms with Gasteiger partial charge in [0.2, 0.25) is 5.88 Å². The van der Waals surface area contributed by atoms with Crippen LogP contribution in [0.15, 0.2) is 66.9 Å². The van der Waals surface area contributed by atoms with E-state index in [0.717, 1.165) is 11.3 Å². The number of amides is 1. The van der Waals surface area contributed by atoms with Gasteiger partial charge in [-0.25, -0.2) is 4.98 Å². The van der Waals surface area contributed by atoms with E-state index in [1.54, 1.807) is 61.8 Å². The number of aromatic nitrogens is 1. The van der Waals surface area contributed by atoms with Crippen molar-refractivity contribution in [3.8, 4) is 17.4 Å². The maximum absolute atomic E-state index is 12.4. The molecule has 0 aliphatic heterocycles. The van der Waals surface area contributed by atoms with E-state index >= 15 is 0 Å². The van der Waals surface area contributed by atoms with Gasteiger partial charge in [0.1, 0.15) is 17.2 Å². The average Bonchev–Trinajstić information content (AvgIpc) is 2.64. The Morgan fingerprint density at radius 2 is 1.64 bits per heavy atom. The minimum Gasteiger partial charge on any atom is -0.497 e. The van der Waals surface area contributed by atoms with Crippen molar-refractivity contribution in [3.05, 3.63) is 78.0 Å². The third-order valence-electron chi connectivity index (χ3n) is 3.61. The largest absolute Gasteiger partial charge is 0.497 e. The second-order valence-electron chi connectivity index (χ2n) is 5.45. The number of rotatable bonds is 5. The summed E-state index contributed by atoms with van der Waals surface area (Å²) in [4.78, 5) is 16.6. The Bertz CT molecular complexity index is 859. The molecule has 0 aliphatic rings. The van der Waals surface area contributed by atoms with Gasteiger partial charge in [-0.1, -0.05) is 17.7 Å². The molecule has 2 aromatic carbocycles. The van der Waals surface area contributed by atoms with Gasteiger partial charge < -0.3 is 14.8 Å². The van der Waals surface area contributed by atoms with E-state index in [0.29, 0.717) is 22.9 Å². The number of methoxy groups -OCH3 is 1. The summed E-state index contributed by atoms with van der Waals surface area (Å²) in [5.41, 5.74) is 2.18. The predicted molar refractivity (Wildman–Crippen MR) is 96.4 cm³/mol. The molecule has 25 heavy (non-hydrogen) atoms. The van der Waals surface area contributed by atoms with Gasteiger partial charge in [-0.3, -0.25) is 4.79 Å². The van der Waals surface area contributed by atoms with Crippen LogP contribution in [0.1, 0.15) is 15.9 Å². The molecule has 0 saturated carbocycles. The SMILES string of the molecule is COc1ccc(Oc2ncccc2NC(=O)c2ccc(C)cc2)cc1. The van der Waals surface area contributed by atoms with Crippen molar-refractivity contribution in [2.75, 3.05) is 12.4 Å². The molecule has 1 aromatic heterocycles. The minimum absolute atomic E-state index is 0.215. The molecule has 0 fully saturated rings. The topological polar surface area (TPSA) is 60.5 Å². The Labute approximate surface area is 146 Å². The number of hydrogen-bond acceptors (Lipinski definition) is 4. The number of carbonyl (C=O) groups is 1. The van der Waals surface area contributed by atoms with Crippen molar-refractivity contribution in [2.45, 2.75) is 6.92 Å². The maximum atomic E-state index is 12.4. The first kappa shape index (κ1) is 16.5. The Hall–Kier alpha value is -3.34. The molecule has 0 aliphatic carbocycles. The zero-order chi connectivity index (χ0) is 17.6. The van der Waals surface area contributed by atoms with Crippen LogP contribution in [-0.2, 0) is 0 Å². The predicted octanol–water partition coefficient (Wildman–Crippen LogP) is 4.44. The van der Waals surface area contributed by atoms with Crippen LogP contribution in [0.5, 0.6) is 17.4 Å². The van der Waals surface area contributed by atoms with E-state index < -0.39 is 0 Å². The van der Waals surface area contributed by atoms with Crippen molar-refractivity contribution < 1.29 is 14.3 Å². The summed E-state index contributed by atoms with van der Waals surface area (Å²) in [6, 6.07) is 18.0. The van der Waals surface area contributed by atoms with Crippen molar-refractivity contribution in [3.63, 3.8) is 0 Å². The first-order chi connectivity index (χ1) is 12.2. The first-order valence-electron chi connectivity index (χ1n) is 7.80. The van der Waals surface area contributed by atoms with E-state index in [4.69, 9.17) is 9.47 Å². The van der Waals surface area contributed by atoms with Gasteiger partial charge >= 0.3 is 0 Å². The smallest absolute Gasteiger partial charge is 0.255 e. The van der Waals surface area contributed by atoms with Crippen LogP contribution in [-0.4, -0.2) is 18.0 Å². The molecule has 5 heteroatoms. The van der Waals surface area contributed by atoms with Gasteiger partial charge in [0, 0.05) is 11.8 Å². The Balaban J connectivity index is 1.78. The summed E-state index contributed by atoms with van der Waals surface area (Å²) in [5.74, 6) is 1.45. The van der Waals surface area contributed by atoms with E-state index in [1.807, 2.05) is 19.1 Å². The van der Waals surface area contributed by atoms with Gasteiger partial charge in [0.15, 0.2) is 0 Å². The number of nitrogens with one attached hydrogen (secondary N) is 1. The number of benzene rings is 2. The molecular formula is C20H18N2O3. The molecule has 1 N–H and O–H groups in total. The molecule has 0 saturated heterocycles. The molecule has 5 nitrogen and oxygen atoms in total. The van der Waals surface area contributed by atoms with E-state index in [2.05, 4.69) is 10.3 Å². The fourth-order valence-electron chi connectivity index (χ4n) is 2.22. The highest BCUT2D eigenvalue weighted by atomic mass is 16.5. The van der Waals surface area contributed by atoms with Crippen LogP contribution in [0, 0.1) is 6.92 Å². The number of ether oxygens (including phenoxy) is 2. The third-order valence-corrected chi connectivity index (χ3v) is 3.61. The number of nitrogens with zero attached hydrogens (tertiary/aromatic N) is 1. The summed E-state index contributed by atoms with van der Waals surface area (Å²) in [6.45, 7) is 1.98. The standard InChI is InChI=1S/C20H18N2O3/c1-14-5-7-15(8-6-14)19(23)22-18-4-3-13-21-20(18)25-17-11-9-16(24-2)10-12-17/h3-13H,1-2H3,(H,22,23). The second kappa shape index (κ2) is 7.49. The zero-order valence-electron chi connectivity index (χ0n) is 14.0. The average molecular weight is 334 g/mol. The lowest BCUT2D eigenvalue weighted by Crippen LogP contribution is -2.12. The van der Waals surface area contributed by atoms with Gasteiger partial charge in [-0.15, -0.1) is 0 Å². The lowest BCUT2D eigenvalue weighted by molar-refractivity contribution is 0.102. The molecule has 0 radical (unpaired) electrons. The quantitative estimate of drug-likeness (QED) is 0.749. The number of carbonyl (C=O) groups excluding carboxylic acids is 1. The molecule has 0 unspecified atom stereocenters. The van der Waals surface area contributed by atoms with Gasteiger partial charge in [-0.05, 0) is 55.5 Å². The number of anilines is 1. The molecule has 0 bridgehead atoms. The third kappa shape index (κ3) is 4.14. The lowest BCUT2D eigenvalue weighted by atomic mass is 10.1. The monoisotopic (exact) mass is 334 g/mol. The fraction of sp³-hybridized carbons (Fsp3) is 0.100. The number of hydrogen-bond donors (Lipinski definition) is 1. The lowest BCUT2D eigenvalue weighted by Gasteiger charge is -2.11. The summed E-state index contributed by atoms with van der Waals surface area (Å²) < 4.78 is 10.9. The Morgan fingerprint density at radius 3 is 2.32 bits per heavy atom. The molecule has 3 rings (SSSR count). The highest BCUT2D eigenvalue weighted by molar-refractivity contribution is 6.04. The van der Waals surface area contributed by atoms with Crippen LogP contribution in [0.25, 0.3) is 0 Å². The number of aryl methyl sites for hydroxylation is 1. The van der Waals surface area contributed by atoms with E-state index in [9.17, 15) is 4.79 Å². The highest BCUT2D eigenvalue weighted by Crippen LogP contribution is 2.28. The van der Waals surface area contributed by atoms with Crippen molar-refractivity contribution in [1.29, 1.82) is 0 Å². The summed E-state index contributed by atoms with van der Waals surface area (Å²) in [7, 11) is 1.60. The molecule has 3 aromatic rings. The van der Waals surface area contributed by atoms with Crippen molar-refractivity contribution in [1.82, 2.24) is 4.98 Å². The molecule has 0 atom stereocenters. The van der Waals surface area contributed by atoms with Crippen LogP contribution in [0.3, 0.4) is 0 Å². The van der Waals surface area contributed by atoms with Crippen LogP contribution in [0.2, 0.25) is 0 Å². The molecule has 126 valence electrons. The van der Waals surface area contributed by atoms with E-state index in [1.165, 1.54) is 0 Å². The second-order valence-corrected chi connectivity index (χ2v) is 5.45. The number of pyridine rings is 1. The van der Waals surface area contributed by atoms with E-state index in [-0.39, 0.29) is 5.91 Å². The first-order valence-corrected chi connectivity index (χ1v) is 7.80. The van der Waals surface area contributed by atoms with Crippen LogP contribution in [0.4, 0.5) is 5.69 Å². The minimum atomic E-state index is -0.215. The zero-order valence-corrected chi connectivity index (χ0v) is 14.0. The van der Waals surface area contributed by atoms with Gasteiger partial charge in [0.25, 0.3) is 5.91 Å².